The third-order valence-corrected chi connectivity index (χ3v) is 5.04. The molecule has 1 atom stereocenters. The van der Waals surface area contributed by atoms with Crippen LogP contribution in [0.2, 0.25) is 0 Å². The Kier molecular flexibility index (Phi) is 6.76. The largest absolute Gasteiger partial charge is 0.495 e. The average Bonchev–Trinajstić information content (AvgIpc) is 3.08. The number of nitrogens with zero attached hydrogens (tertiary/aromatic N) is 2. The van der Waals surface area contributed by atoms with Crippen molar-refractivity contribution < 1.29 is 28.4 Å². The number of nitro benzene ring substituents is 1. The number of nitro groups is 1. The molecule has 0 aliphatic carbocycles. The van der Waals surface area contributed by atoms with E-state index in [1.165, 1.54) is 38.3 Å². The maximum atomic E-state index is 13.3. The van der Waals surface area contributed by atoms with E-state index in [-0.39, 0.29) is 28.5 Å². The Morgan fingerprint density at radius 1 is 1.12 bits per heavy atom. The number of nitrogens with one attached hydrogen (secondary N) is 1. The van der Waals surface area contributed by atoms with Crippen molar-refractivity contribution in [3.63, 3.8) is 0 Å². The molecule has 0 bridgehead atoms. The lowest BCUT2D eigenvalue weighted by atomic mass is 10.2. The first-order valence-corrected chi connectivity index (χ1v) is 9.91. The number of hydrogen-bond acceptors (Lipinski definition) is 6. The number of benzene rings is 2. The molecule has 10 heteroatoms. The standard InChI is InChI=1S/C23H22FN3O6/c1-13-11-19(14(2)26(13)17-7-5-16(24)6-8-17)23(29)33-15(3)22(28)25-20-12-18(27(30)31)9-10-21(20)32-4/h5-12,15H,1-4H3,(H,25,28). The van der Waals surface area contributed by atoms with Gasteiger partial charge in [0, 0.05) is 29.2 Å². The fraction of sp³-hybridized carbons (Fsp3) is 0.217. The van der Waals surface area contributed by atoms with Gasteiger partial charge in [0.05, 0.1) is 23.3 Å². The van der Waals surface area contributed by atoms with Crippen LogP contribution in [0.3, 0.4) is 0 Å². The van der Waals surface area contributed by atoms with E-state index >= 15 is 0 Å². The quantitative estimate of drug-likeness (QED) is 0.322. The molecule has 33 heavy (non-hydrogen) atoms. The molecule has 1 amide bonds. The number of aryl methyl sites for hydroxylation is 1. The van der Waals surface area contributed by atoms with Crippen LogP contribution in [0.4, 0.5) is 15.8 Å². The zero-order valence-corrected chi connectivity index (χ0v) is 18.4. The molecule has 0 fully saturated rings. The lowest BCUT2D eigenvalue weighted by molar-refractivity contribution is -0.384. The number of anilines is 1. The molecule has 0 aliphatic rings. The Labute approximate surface area is 188 Å². The number of esters is 1. The summed E-state index contributed by atoms with van der Waals surface area (Å²) in [5, 5.41) is 13.5. The number of carbonyl (C=O) groups excluding carboxylic acids is 2. The van der Waals surface area contributed by atoms with E-state index in [2.05, 4.69) is 5.32 Å². The van der Waals surface area contributed by atoms with Gasteiger partial charge in [0.2, 0.25) is 0 Å². The monoisotopic (exact) mass is 455 g/mol. The summed E-state index contributed by atoms with van der Waals surface area (Å²) in [5.74, 6) is -1.56. The molecular weight excluding hydrogens is 433 g/mol. The summed E-state index contributed by atoms with van der Waals surface area (Å²) in [7, 11) is 1.36. The number of non-ortho nitro benzene ring substituents is 1. The van der Waals surface area contributed by atoms with Gasteiger partial charge in [0.15, 0.2) is 6.10 Å². The van der Waals surface area contributed by atoms with Gasteiger partial charge in [-0.05, 0) is 57.2 Å². The molecular formula is C23H22FN3O6. The topological polar surface area (TPSA) is 113 Å². The molecule has 0 radical (unpaired) electrons. The SMILES string of the molecule is COc1ccc([N+](=O)[O-])cc1NC(=O)C(C)OC(=O)c1cc(C)n(-c2ccc(F)cc2)c1C. The number of rotatable bonds is 7. The minimum absolute atomic E-state index is 0.0779. The smallest absolute Gasteiger partial charge is 0.340 e. The minimum Gasteiger partial charge on any atom is -0.495 e. The molecule has 1 unspecified atom stereocenters. The van der Waals surface area contributed by atoms with Gasteiger partial charge in [-0.15, -0.1) is 0 Å². The summed E-state index contributed by atoms with van der Waals surface area (Å²) < 4.78 is 25.5. The molecule has 1 heterocycles. The second kappa shape index (κ2) is 9.51. The van der Waals surface area contributed by atoms with Gasteiger partial charge in [0.1, 0.15) is 11.6 Å². The molecule has 0 saturated carbocycles. The van der Waals surface area contributed by atoms with E-state index in [1.54, 1.807) is 36.6 Å². The second-order valence-corrected chi connectivity index (χ2v) is 7.28. The maximum Gasteiger partial charge on any atom is 0.340 e. The lowest BCUT2D eigenvalue weighted by Crippen LogP contribution is -2.30. The number of carbonyl (C=O) groups is 2. The maximum absolute atomic E-state index is 13.3. The third-order valence-electron chi connectivity index (χ3n) is 5.04. The Bertz CT molecular complexity index is 1220. The van der Waals surface area contributed by atoms with Gasteiger partial charge in [-0.25, -0.2) is 9.18 Å². The summed E-state index contributed by atoms with van der Waals surface area (Å²) in [6, 6.07) is 11.2. The van der Waals surface area contributed by atoms with E-state index in [1.807, 2.05) is 0 Å². The zero-order valence-electron chi connectivity index (χ0n) is 18.4. The van der Waals surface area contributed by atoms with E-state index in [9.17, 15) is 24.1 Å². The van der Waals surface area contributed by atoms with Crippen LogP contribution in [-0.2, 0) is 9.53 Å². The first-order valence-electron chi connectivity index (χ1n) is 9.91. The van der Waals surface area contributed by atoms with Crippen molar-refractivity contribution in [2.75, 3.05) is 12.4 Å². The van der Waals surface area contributed by atoms with Gasteiger partial charge in [0.25, 0.3) is 11.6 Å². The van der Waals surface area contributed by atoms with Crippen LogP contribution in [0.25, 0.3) is 5.69 Å². The van der Waals surface area contributed by atoms with E-state index in [0.29, 0.717) is 11.4 Å². The van der Waals surface area contributed by atoms with Crippen molar-refractivity contribution in [2.24, 2.45) is 0 Å². The molecule has 0 spiro atoms. The molecule has 1 aromatic heterocycles. The van der Waals surface area contributed by atoms with Crippen molar-refractivity contribution >= 4 is 23.3 Å². The summed E-state index contributed by atoms with van der Waals surface area (Å²) >= 11 is 0. The lowest BCUT2D eigenvalue weighted by Gasteiger charge is -2.15. The van der Waals surface area contributed by atoms with E-state index in [4.69, 9.17) is 9.47 Å². The molecule has 3 aromatic rings. The highest BCUT2D eigenvalue weighted by atomic mass is 19.1. The van der Waals surface area contributed by atoms with Crippen LogP contribution < -0.4 is 10.1 Å². The Balaban J connectivity index is 1.77. The first-order chi connectivity index (χ1) is 15.6. The van der Waals surface area contributed by atoms with Gasteiger partial charge in [-0.2, -0.15) is 0 Å². The van der Waals surface area contributed by atoms with E-state index in [0.717, 1.165) is 11.8 Å². The van der Waals surface area contributed by atoms with Gasteiger partial charge < -0.3 is 19.4 Å². The van der Waals surface area contributed by atoms with Crippen LogP contribution in [0.5, 0.6) is 5.75 Å². The normalized spacial score (nSPS) is 11.5. The molecule has 1 N–H and O–H groups in total. The molecule has 0 aliphatic heterocycles. The number of ether oxygens (including phenoxy) is 2. The average molecular weight is 455 g/mol. The van der Waals surface area contributed by atoms with Gasteiger partial charge in [-0.3, -0.25) is 14.9 Å². The third kappa shape index (κ3) is 5.00. The highest BCUT2D eigenvalue weighted by Gasteiger charge is 2.24. The Morgan fingerprint density at radius 3 is 2.39 bits per heavy atom. The van der Waals surface area contributed by atoms with Crippen LogP contribution in [-0.4, -0.2) is 34.6 Å². The van der Waals surface area contributed by atoms with Crippen LogP contribution in [0.1, 0.15) is 28.7 Å². The Hall–Kier alpha value is -4.21. The molecule has 0 saturated heterocycles. The number of halogens is 1. The summed E-state index contributed by atoms with van der Waals surface area (Å²) in [6.45, 7) is 4.89. The molecule has 172 valence electrons. The zero-order chi connectivity index (χ0) is 24.3. The van der Waals surface area contributed by atoms with Crippen molar-refractivity contribution in [3.05, 3.63) is 81.4 Å². The molecule has 3 rings (SSSR count). The van der Waals surface area contributed by atoms with Crippen molar-refractivity contribution in [3.8, 4) is 11.4 Å². The Morgan fingerprint density at radius 2 is 1.79 bits per heavy atom. The molecule has 2 aromatic carbocycles. The van der Waals surface area contributed by atoms with Crippen molar-refractivity contribution in [1.82, 2.24) is 4.57 Å². The van der Waals surface area contributed by atoms with Crippen molar-refractivity contribution in [2.45, 2.75) is 26.9 Å². The highest BCUT2D eigenvalue weighted by Crippen LogP contribution is 2.29. The number of hydrogen-bond donors (Lipinski definition) is 1. The fourth-order valence-electron chi connectivity index (χ4n) is 3.38. The fourth-order valence-corrected chi connectivity index (χ4v) is 3.38. The van der Waals surface area contributed by atoms with Crippen LogP contribution >= 0.6 is 0 Å². The number of aromatic nitrogens is 1. The number of methoxy groups -OCH3 is 1. The first kappa shape index (κ1) is 23.5. The van der Waals surface area contributed by atoms with Gasteiger partial charge in [-0.1, -0.05) is 0 Å². The molecule has 9 nitrogen and oxygen atoms in total. The van der Waals surface area contributed by atoms with Crippen molar-refractivity contribution in [1.29, 1.82) is 0 Å². The predicted molar refractivity (Wildman–Crippen MR) is 118 cm³/mol. The minimum atomic E-state index is -1.20. The van der Waals surface area contributed by atoms with Crippen LogP contribution in [0.15, 0.2) is 48.5 Å². The summed E-state index contributed by atoms with van der Waals surface area (Å²) in [4.78, 5) is 35.8. The van der Waals surface area contributed by atoms with Gasteiger partial charge >= 0.3 is 5.97 Å². The number of amides is 1. The highest BCUT2D eigenvalue weighted by molar-refractivity contribution is 5.99. The predicted octanol–water partition coefficient (Wildman–Crippen LogP) is 4.33. The van der Waals surface area contributed by atoms with E-state index < -0.39 is 22.9 Å². The summed E-state index contributed by atoms with van der Waals surface area (Å²) in [5.41, 5.74) is 2.07. The second-order valence-electron chi connectivity index (χ2n) is 7.28. The van der Waals surface area contributed by atoms with Crippen LogP contribution in [0, 0.1) is 29.8 Å². The summed E-state index contributed by atoms with van der Waals surface area (Å²) in [6.07, 6.45) is -1.20.